The number of carboxylic acid groups (broad SMARTS) is 2. The van der Waals surface area contributed by atoms with E-state index in [-0.39, 0.29) is 12.8 Å². The molecule has 4 nitrogen and oxygen atoms in total. The normalized spacial score (nSPS) is 14.5. The minimum absolute atomic E-state index is 0.0656. The van der Waals surface area contributed by atoms with E-state index in [1.807, 2.05) is 13.8 Å². The number of hydrogen-bond acceptors (Lipinski definition) is 2. The first kappa shape index (κ1) is 13.9. The number of carbonyl (C=O) groups is 2. The van der Waals surface area contributed by atoms with Crippen LogP contribution in [0.25, 0.3) is 0 Å². The van der Waals surface area contributed by atoms with E-state index in [0.717, 1.165) is 12.8 Å². The average Bonchev–Trinajstić information content (AvgIpc) is 2.18. The molecule has 4 heteroatoms. The Morgan fingerprint density at radius 1 is 1.13 bits per heavy atom. The Balaban J connectivity index is 4.50. The van der Waals surface area contributed by atoms with E-state index in [4.69, 9.17) is 5.11 Å². The molecule has 0 saturated carbocycles. The quantitative estimate of drug-likeness (QED) is 0.653. The first-order valence-corrected chi connectivity index (χ1v) is 5.43. The average molecular weight is 216 g/mol. The maximum absolute atomic E-state index is 11.2. The summed E-state index contributed by atoms with van der Waals surface area (Å²) in [4.78, 5) is 21.6. The van der Waals surface area contributed by atoms with Crippen molar-refractivity contribution in [1.82, 2.24) is 0 Å². The van der Waals surface area contributed by atoms with Crippen LogP contribution in [-0.4, -0.2) is 22.2 Å². The summed E-state index contributed by atoms with van der Waals surface area (Å²) >= 11 is 0. The van der Waals surface area contributed by atoms with E-state index < -0.39 is 17.4 Å². The SMILES string of the molecule is CCCCC(CC)(CCC(=O)O)C(=O)O. The van der Waals surface area contributed by atoms with Crippen molar-refractivity contribution in [3.8, 4) is 0 Å². The molecule has 0 rings (SSSR count). The van der Waals surface area contributed by atoms with Gasteiger partial charge in [0.1, 0.15) is 0 Å². The fraction of sp³-hybridized carbons (Fsp3) is 0.818. The van der Waals surface area contributed by atoms with E-state index in [9.17, 15) is 14.7 Å². The van der Waals surface area contributed by atoms with Crippen LogP contribution in [0.15, 0.2) is 0 Å². The highest BCUT2D eigenvalue weighted by molar-refractivity contribution is 5.76. The van der Waals surface area contributed by atoms with Crippen molar-refractivity contribution in [2.24, 2.45) is 5.41 Å². The number of hydrogen-bond donors (Lipinski definition) is 2. The summed E-state index contributed by atoms with van der Waals surface area (Å²) in [5, 5.41) is 17.8. The molecule has 0 aromatic rings. The molecule has 0 aromatic carbocycles. The van der Waals surface area contributed by atoms with Crippen LogP contribution in [0.5, 0.6) is 0 Å². The van der Waals surface area contributed by atoms with Crippen molar-refractivity contribution < 1.29 is 19.8 Å². The Hall–Kier alpha value is -1.06. The third kappa shape index (κ3) is 4.32. The number of aliphatic carboxylic acids is 2. The second kappa shape index (κ2) is 6.43. The van der Waals surface area contributed by atoms with Gasteiger partial charge in [0.25, 0.3) is 0 Å². The Bertz CT molecular complexity index is 225. The third-order valence-electron chi connectivity index (χ3n) is 2.96. The van der Waals surface area contributed by atoms with E-state index in [1.54, 1.807) is 0 Å². The Morgan fingerprint density at radius 2 is 1.73 bits per heavy atom. The van der Waals surface area contributed by atoms with E-state index in [2.05, 4.69) is 0 Å². The topological polar surface area (TPSA) is 74.6 Å². The summed E-state index contributed by atoms with van der Waals surface area (Å²) in [6.45, 7) is 3.81. The molecule has 0 aliphatic rings. The molecule has 0 bridgehead atoms. The van der Waals surface area contributed by atoms with Gasteiger partial charge < -0.3 is 10.2 Å². The maximum Gasteiger partial charge on any atom is 0.309 e. The summed E-state index contributed by atoms with van der Waals surface area (Å²) in [5.41, 5.74) is -0.839. The lowest BCUT2D eigenvalue weighted by Crippen LogP contribution is -2.31. The molecule has 0 radical (unpaired) electrons. The first-order chi connectivity index (χ1) is 6.98. The molecule has 1 unspecified atom stereocenters. The van der Waals surface area contributed by atoms with Crippen LogP contribution in [0, 0.1) is 5.41 Å². The molecule has 2 N–H and O–H groups in total. The molecular formula is C11H20O4. The van der Waals surface area contributed by atoms with Gasteiger partial charge in [0.05, 0.1) is 5.41 Å². The summed E-state index contributed by atoms with van der Waals surface area (Å²) in [6, 6.07) is 0. The molecule has 0 spiro atoms. The van der Waals surface area contributed by atoms with Gasteiger partial charge in [-0.1, -0.05) is 26.7 Å². The lowest BCUT2D eigenvalue weighted by atomic mass is 9.76. The van der Waals surface area contributed by atoms with Crippen LogP contribution in [0.2, 0.25) is 0 Å². The highest BCUT2D eigenvalue weighted by Gasteiger charge is 2.36. The summed E-state index contributed by atoms with van der Waals surface area (Å²) in [5.74, 6) is -1.79. The van der Waals surface area contributed by atoms with Gasteiger partial charge >= 0.3 is 11.9 Å². The summed E-state index contributed by atoms with van der Waals surface area (Å²) in [6.07, 6.45) is 3.00. The fourth-order valence-electron chi connectivity index (χ4n) is 1.71. The lowest BCUT2D eigenvalue weighted by molar-refractivity contribution is -0.151. The van der Waals surface area contributed by atoms with Crippen molar-refractivity contribution in [3.05, 3.63) is 0 Å². The van der Waals surface area contributed by atoms with Crippen molar-refractivity contribution in [2.75, 3.05) is 0 Å². The van der Waals surface area contributed by atoms with Crippen LogP contribution in [0.1, 0.15) is 52.4 Å². The van der Waals surface area contributed by atoms with Gasteiger partial charge in [-0.2, -0.15) is 0 Å². The van der Waals surface area contributed by atoms with Gasteiger partial charge in [0.15, 0.2) is 0 Å². The van der Waals surface area contributed by atoms with E-state index >= 15 is 0 Å². The zero-order valence-electron chi connectivity index (χ0n) is 9.45. The van der Waals surface area contributed by atoms with E-state index in [1.165, 1.54) is 0 Å². The van der Waals surface area contributed by atoms with Crippen LogP contribution in [0.4, 0.5) is 0 Å². The van der Waals surface area contributed by atoms with Crippen molar-refractivity contribution in [3.63, 3.8) is 0 Å². The number of unbranched alkanes of at least 4 members (excludes halogenated alkanes) is 1. The molecule has 0 heterocycles. The minimum Gasteiger partial charge on any atom is -0.481 e. The molecule has 88 valence electrons. The van der Waals surface area contributed by atoms with Gasteiger partial charge in [-0.05, 0) is 19.3 Å². The monoisotopic (exact) mass is 216 g/mol. The second-order valence-corrected chi connectivity index (χ2v) is 3.94. The second-order valence-electron chi connectivity index (χ2n) is 3.94. The van der Waals surface area contributed by atoms with Gasteiger partial charge in [-0.3, -0.25) is 9.59 Å². The van der Waals surface area contributed by atoms with Crippen molar-refractivity contribution in [1.29, 1.82) is 0 Å². The van der Waals surface area contributed by atoms with Crippen LogP contribution < -0.4 is 0 Å². The zero-order chi connectivity index (χ0) is 11.9. The maximum atomic E-state index is 11.2. The van der Waals surface area contributed by atoms with Gasteiger partial charge in [0.2, 0.25) is 0 Å². The molecule has 0 saturated heterocycles. The Morgan fingerprint density at radius 3 is 2.07 bits per heavy atom. The summed E-state index contributed by atoms with van der Waals surface area (Å²) < 4.78 is 0. The van der Waals surface area contributed by atoms with Crippen LogP contribution in [0.3, 0.4) is 0 Å². The van der Waals surface area contributed by atoms with Gasteiger partial charge in [-0.15, -0.1) is 0 Å². The van der Waals surface area contributed by atoms with Gasteiger partial charge in [0, 0.05) is 6.42 Å². The number of carboxylic acids is 2. The molecule has 15 heavy (non-hydrogen) atoms. The minimum atomic E-state index is -0.925. The van der Waals surface area contributed by atoms with Crippen molar-refractivity contribution >= 4 is 11.9 Å². The molecule has 0 aliphatic heterocycles. The molecular weight excluding hydrogens is 196 g/mol. The summed E-state index contributed by atoms with van der Waals surface area (Å²) in [7, 11) is 0. The molecule has 0 aliphatic carbocycles. The van der Waals surface area contributed by atoms with Crippen LogP contribution >= 0.6 is 0 Å². The standard InChI is InChI=1S/C11H20O4/c1-3-5-7-11(4-2,10(14)15)8-6-9(12)13/h3-8H2,1-2H3,(H,12,13)(H,14,15). The Kier molecular flexibility index (Phi) is 5.97. The van der Waals surface area contributed by atoms with Crippen molar-refractivity contribution in [2.45, 2.75) is 52.4 Å². The van der Waals surface area contributed by atoms with E-state index in [0.29, 0.717) is 12.8 Å². The predicted molar refractivity (Wildman–Crippen MR) is 56.8 cm³/mol. The number of rotatable bonds is 8. The third-order valence-corrected chi connectivity index (χ3v) is 2.96. The highest BCUT2D eigenvalue weighted by atomic mass is 16.4. The zero-order valence-corrected chi connectivity index (χ0v) is 9.45. The molecule has 0 aromatic heterocycles. The lowest BCUT2D eigenvalue weighted by Gasteiger charge is -2.27. The molecule has 1 atom stereocenters. The van der Waals surface area contributed by atoms with Crippen LogP contribution in [-0.2, 0) is 9.59 Å². The fourth-order valence-corrected chi connectivity index (χ4v) is 1.71. The molecule has 0 amide bonds. The first-order valence-electron chi connectivity index (χ1n) is 5.43. The molecule has 0 fully saturated rings. The smallest absolute Gasteiger partial charge is 0.309 e. The highest BCUT2D eigenvalue weighted by Crippen LogP contribution is 2.34. The Labute approximate surface area is 90.3 Å². The van der Waals surface area contributed by atoms with Gasteiger partial charge in [-0.25, -0.2) is 0 Å². The predicted octanol–water partition coefficient (Wildman–Crippen LogP) is 2.52. The largest absolute Gasteiger partial charge is 0.481 e.